The Bertz CT molecular complexity index is 631. The average molecular weight is 357 g/mol. The highest BCUT2D eigenvalue weighted by Crippen LogP contribution is 2.27. The number of carbonyl (C=O) groups is 2. The van der Waals surface area contributed by atoms with Crippen molar-refractivity contribution >= 4 is 11.8 Å². The highest BCUT2D eigenvalue weighted by atomic mass is 16.2. The van der Waals surface area contributed by atoms with Crippen LogP contribution in [-0.4, -0.2) is 65.8 Å². The lowest BCUT2D eigenvalue weighted by atomic mass is 9.90. The molecule has 0 spiro atoms. The molecule has 0 N–H and O–H groups in total. The van der Waals surface area contributed by atoms with Crippen molar-refractivity contribution in [1.82, 2.24) is 14.7 Å². The first-order chi connectivity index (χ1) is 12.5. The van der Waals surface area contributed by atoms with E-state index in [1.807, 2.05) is 42.3 Å². The molecular weight excluding hydrogens is 326 g/mol. The normalized spacial score (nSPS) is 24.8. The molecule has 1 aromatic rings. The number of hydrogen-bond donors (Lipinski definition) is 0. The van der Waals surface area contributed by atoms with E-state index in [9.17, 15) is 9.59 Å². The van der Waals surface area contributed by atoms with Gasteiger partial charge in [-0.1, -0.05) is 44.2 Å². The minimum Gasteiger partial charge on any atom is -0.340 e. The van der Waals surface area contributed by atoms with E-state index in [1.165, 1.54) is 0 Å². The van der Waals surface area contributed by atoms with Crippen LogP contribution in [0.25, 0.3) is 0 Å². The Hall–Kier alpha value is -1.88. The number of likely N-dealkylation sites (N-methyl/N-ethyl adjacent to an activating group) is 1. The van der Waals surface area contributed by atoms with Crippen LogP contribution in [0.15, 0.2) is 30.3 Å². The van der Waals surface area contributed by atoms with E-state index in [1.54, 1.807) is 4.90 Å². The zero-order chi connectivity index (χ0) is 18.7. The fourth-order valence-corrected chi connectivity index (χ4v) is 4.07. The van der Waals surface area contributed by atoms with Gasteiger partial charge in [-0.15, -0.1) is 0 Å². The molecule has 142 valence electrons. The molecule has 0 saturated carbocycles. The number of fused-ring (bicyclic) bond motifs is 1. The first-order valence-electron chi connectivity index (χ1n) is 9.76. The topological polar surface area (TPSA) is 43.9 Å². The number of piperidine rings is 1. The minimum absolute atomic E-state index is 0.0334. The van der Waals surface area contributed by atoms with Gasteiger partial charge in [-0.2, -0.15) is 0 Å². The average Bonchev–Trinajstić information content (AvgIpc) is 2.72. The summed E-state index contributed by atoms with van der Waals surface area (Å²) < 4.78 is 0. The molecule has 1 aromatic carbocycles. The van der Waals surface area contributed by atoms with Crippen molar-refractivity contribution < 1.29 is 9.59 Å². The highest BCUT2D eigenvalue weighted by molar-refractivity contribution is 5.89. The maximum Gasteiger partial charge on any atom is 0.242 e. The van der Waals surface area contributed by atoms with Crippen LogP contribution in [0.2, 0.25) is 0 Å². The number of hydrogen-bond acceptors (Lipinski definition) is 3. The smallest absolute Gasteiger partial charge is 0.242 e. The minimum atomic E-state index is -0.115. The van der Waals surface area contributed by atoms with Gasteiger partial charge in [-0.3, -0.25) is 9.59 Å². The summed E-state index contributed by atoms with van der Waals surface area (Å²) in [6.45, 7) is 7.92. The Labute approximate surface area is 156 Å². The number of likely N-dealkylation sites (tertiary alicyclic amines) is 1. The molecule has 26 heavy (non-hydrogen) atoms. The first-order valence-corrected chi connectivity index (χ1v) is 9.76. The second kappa shape index (κ2) is 8.21. The third-order valence-electron chi connectivity index (χ3n) is 5.75. The lowest BCUT2D eigenvalue weighted by Gasteiger charge is -2.40. The maximum atomic E-state index is 13.3. The number of benzene rings is 1. The number of carbonyl (C=O) groups excluding carboxylic acids is 2. The lowest BCUT2D eigenvalue weighted by molar-refractivity contribution is -0.138. The van der Waals surface area contributed by atoms with Crippen molar-refractivity contribution in [2.24, 2.45) is 11.8 Å². The zero-order valence-corrected chi connectivity index (χ0v) is 16.2. The molecule has 2 fully saturated rings. The predicted molar refractivity (Wildman–Crippen MR) is 102 cm³/mol. The van der Waals surface area contributed by atoms with Gasteiger partial charge in [0.15, 0.2) is 0 Å². The molecule has 0 bridgehead atoms. The van der Waals surface area contributed by atoms with Gasteiger partial charge in [0.25, 0.3) is 0 Å². The summed E-state index contributed by atoms with van der Waals surface area (Å²) in [5, 5.41) is 0. The fourth-order valence-electron chi connectivity index (χ4n) is 4.07. The van der Waals surface area contributed by atoms with E-state index in [4.69, 9.17) is 0 Å². The van der Waals surface area contributed by atoms with Crippen molar-refractivity contribution in [2.75, 3.05) is 33.2 Å². The van der Waals surface area contributed by atoms with E-state index in [0.717, 1.165) is 38.0 Å². The van der Waals surface area contributed by atoms with Crippen molar-refractivity contribution in [3.8, 4) is 0 Å². The third-order valence-corrected chi connectivity index (χ3v) is 5.75. The monoisotopic (exact) mass is 357 g/mol. The molecule has 2 aliphatic rings. The second-order valence-electron chi connectivity index (χ2n) is 8.13. The van der Waals surface area contributed by atoms with Crippen LogP contribution in [0.4, 0.5) is 0 Å². The maximum absolute atomic E-state index is 13.3. The molecule has 3 rings (SSSR count). The van der Waals surface area contributed by atoms with Crippen LogP contribution in [0, 0.1) is 11.8 Å². The van der Waals surface area contributed by atoms with Gasteiger partial charge in [0, 0.05) is 32.7 Å². The summed E-state index contributed by atoms with van der Waals surface area (Å²) in [5.41, 5.74) is 1.07. The SMILES string of the molecule is CC(C)CCN1CC[C@@H]2[C@H](C1)C(=O)N(Cc1ccccc1)CC(=O)N2C. The van der Waals surface area contributed by atoms with Crippen LogP contribution in [-0.2, 0) is 16.1 Å². The van der Waals surface area contributed by atoms with Gasteiger partial charge in [0.05, 0.1) is 5.92 Å². The van der Waals surface area contributed by atoms with Crippen molar-refractivity contribution in [2.45, 2.75) is 39.3 Å². The van der Waals surface area contributed by atoms with Gasteiger partial charge in [-0.25, -0.2) is 0 Å². The summed E-state index contributed by atoms with van der Waals surface area (Å²) >= 11 is 0. The quantitative estimate of drug-likeness (QED) is 0.812. The summed E-state index contributed by atoms with van der Waals surface area (Å²) in [7, 11) is 1.86. The van der Waals surface area contributed by atoms with Crippen molar-refractivity contribution in [1.29, 1.82) is 0 Å². The van der Waals surface area contributed by atoms with Crippen LogP contribution in [0.1, 0.15) is 32.3 Å². The van der Waals surface area contributed by atoms with Gasteiger partial charge < -0.3 is 14.7 Å². The van der Waals surface area contributed by atoms with Gasteiger partial charge in [0.1, 0.15) is 6.54 Å². The van der Waals surface area contributed by atoms with Gasteiger partial charge in [-0.05, 0) is 30.9 Å². The molecule has 2 amide bonds. The third kappa shape index (κ3) is 4.26. The van der Waals surface area contributed by atoms with Crippen LogP contribution in [0.5, 0.6) is 0 Å². The van der Waals surface area contributed by atoms with Crippen molar-refractivity contribution in [3.05, 3.63) is 35.9 Å². The molecule has 0 unspecified atom stereocenters. The largest absolute Gasteiger partial charge is 0.340 e. The molecule has 2 atom stereocenters. The predicted octanol–water partition coefficient (Wildman–Crippen LogP) is 2.22. The number of nitrogens with zero attached hydrogens (tertiary/aromatic N) is 3. The Morgan fingerprint density at radius 2 is 1.88 bits per heavy atom. The van der Waals surface area contributed by atoms with Gasteiger partial charge in [0.2, 0.25) is 11.8 Å². The molecule has 5 heteroatoms. The van der Waals surface area contributed by atoms with Crippen LogP contribution >= 0.6 is 0 Å². The van der Waals surface area contributed by atoms with Crippen LogP contribution < -0.4 is 0 Å². The summed E-state index contributed by atoms with van der Waals surface area (Å²) in [5.74, 6) is 0.732. The van der Waals surface area contributed by atoms with E-state index in [-0.39, 0.29) is 30.3 Å². The Balaban J connectivity index is 1.76. The Kier molecular flexibility index (Phi) is 5.97. The van der Waals surface area contributed by atoms with Crippen LogP contribution in [0.3, 0.4) is 0 Å². The zero-order valence-electron chi connectivity index (χ0n) is 16.2. The molecule has 5 nitrogen and oxygen atoms in total. The van der Waals surface area contributed by atoms with E-state index in [2.05, 4.69) is 18.7 Å². The van der Waals surface area contributed by atoms with E-state index >= 15 is 0 Å². The number of rotatable bonds is 5. The molecule has 2 heterocycles. The summed E-state index contributed by atoms with van der Waals surface area (Å²) in [6, 6.07) is 9.98. The van der Waals surface area contributed by atoms with Crippen molar-refractivity contribution in [3.63, 3.8) is 0 Å². The Morgan fingerprint density at radius 1 is 1.15 bits per heavy atom. The molecular formula is C21H31N3O2. The highest BCUT2D eigenvalue weighted by Gasteiger charge is 2.43. The summed E-state index contributed by atoms with van der Waals surface area (Å²) in [6.07, 6.45) is 2.03. The second-order valence-corrected chi connectivity index (χ2v) is 8.13. The Morgan fingerprint density at radius 3 is 2.58 bits per heavy atom. The molecule has 2 saturated heterocycles. The van der Waals surface area contributed by atoms with E-state index in [0.29, 0.717) is 12.5 Å². The molecule has 0 radical (unpaired) electrons. The van der Waals surface area contributed by atoms with E-state index < -0.39 is 0 Å². The first kappa shape index (κ1) is 18.9. The molecule has 0 aromatic heterocycles. The standard InChI is InChI=1S/C21H31N3O2/c1-16(2)9-11-23-12-10-19-18(14-23)21(26)24(15-20(25)22(19)3)13-17-7-5-4-6-8-17/h4-8,16,18-19H,9-15H2,1-3H3/t18-,19+/m0/s1. The molecule has 2 aliphatic heterocycles. The van der Waals surface area contributed by atoms with Gasteiger partial charge >= 0.3 is 0 Å². The molecule has 0 aliphatic carbocycles. The lowest BCUT2D eigenvalue weighted by Crippen LogP contribution is -2.53. The fraction of sp³-hybridized carbons (Fsp3) is 0.619. The summed E-state index contributed by atoms with van der Waals surface area (Å²) in [4.78, 5) is 31.9. The number of amides is 2.